The number of nitrogens with zero attached hydrogens (tertiary/aromatic N) is 2. The normalized spacial score (nSPS) is 11.1. The number of carbonyl (C=O) groups is 1. The molecule has 0 spiro atoms. The number of benzene rings is 3. The second-order valence-corrected chi connectivity index (χ2v) is 9.38. The van der Waals surface area contributed by atoms with E-state index in [1.807, 2.05) is 30.3 Å². The molecule has 7 nitrogen and oxygen atoms in total. The Bertz CT molecular complexity index is 1330. The number of halogens is 1. The van der Waals surface area contributed by atoms with E-state index in [0.29, 0.717) is 15.8 Å². The lowest BCUT2D eigenvalue weighted by molar-refractivity contribution is 0.102. The molecular formula is C21H15ClN4O3S2. The van der Waals surface area contributed by atoms with E-state index in [2.05, 4.69) is 20.2 Å². The molecule has 3 aromatic carbocycles. The van der Waals surface area contributed by atoms with Gasteiger partial charge in [-0.1, -0.05) is 71.5 Å². The molecule has 0 bridgehead atoms. The minimum atomic E-state index is -3.99. The summed E-state index contributed by atoms with van der Waals surface area (Å²) in [4.78, 5) is 12.5. The molecule has 4 aromatic rings. The second-order valence-electron chi connectivity index (χ2n) is 6.35. The van der Waals surface area contributed by atoms with Crippen LogP contribution >= 0.6 is 22.9 Å². The number of hydrogen-bond donors (Lipinski definition) is 2. The van der Waals surface area contributed by atoms with Crippen molar-refractivity contribution in [3.63, 3.8) is 0 Å². The molecule has 0 aliphatic rings. The minimum absolute atomic E-state index is 0.00209. The van der Waals surface area contributed by atoms with Gasteiger partial charge >= 0.3 is 0 Å². The predicted octanol–water partition coefficient (Wildman–Crippen LogP) is 4.91. The van der Waals surface area contributed by atoms with Crippen molar-refractivity contribution < 1.29 is 13.2 Å². The van der Waals surface area contributed by atoms with Crippen LogP contribution in [0.5, 0.6) is 0 Å². The van der Waals surface area contributed by atoms with Crippen LogP contribution in [0.4, 0.5) is 10.8 Å². The van der Waals surface area contributed by atoms with Crippen LogP contribution in [0.3, 0.4) is 0 Å². The Morgan fingerprint density at radius 3 is 2.29 bits per heavy atom. The Morgan fingerprint density at radius 1 is 0.903 bits per heavy atom. The molecule has 31 heavy (non-hydrogen) atoms. The van der Waals surface area contributed by atoms with Gasteiger partial charge in [-0.15, -0.1) is 10.2 Å². The largest absolute Gasteiger partial charge is 0.296 e. The highest BCUT2D eigenvalue weighted by molar-refractivity contribution is 7.92. The minimum Gasteiger partial charge on any atom is -0.296 e. The number of amides is 1. The number of sulfonamides is 1. The third-order valence-corrected chi connectivity index (χ3v) is 6.93. The molecule has 0 fully saturated rings. The molecular weight excluding hydrogens is 456 g/mol. The van der Waals surface area contributed by atoms with Gasteiger partial charge in [0.05, 0.1) is 5.02 Å². The Balaban J connectivity index is 1.55. The van der Waals surface area contributed by atoms with Crippen molar-refractivity contribution in [3.05, 3.63) is 89.4 Å². The molecule has 0 radical (unpaired) electrons. The van der Waals surface area contributed by atoms with Gasteiger partial charge in [0.15, 0.2) is 0 Å². The highest BCUT2D eigenvalue weighted by Gasteiger charge is 2.21. The fourth-order valence-corrected chi connectivity index (χ4v) is 5.04. The Hall–Kier alpha value is -3.27. The van der Waals surface area contributed by atoms with Crippen LogP contribution in [0.2, 0.25) is 5.02 Å². The number of aromatic nitrogens is 2. The van der Waals surface area contributed by atoms with Gasteiger partial charge in [0.1, 0.15) is 9.90 Å². The van der Waals surface area contributed by atoms with Crippen LogP contribution in [-0.4, -0.2) is 24.5 Å². The van der Waals surface area contributed by atoms with Crippen molar-refractivity contribution in [3.8, 4) is 10.6 Å². The first-order valence-corrected chi connectivity index (χ1v) is 11.7. The summed E-state index contributed by atoms with van der Waals surface area (Å²) >= 11 is 7.32. The van der Waals surface area contributed by atoms with E-state index in [-0.39, 0.29) is 15.5 Å². The van der Waals surface area contributed by atoms with Crippen LogP contribution in [0.15, 0.2) is 83.8 Å². The summed E-state index contributed by atoms with van der Waals surface area (Å²) in [6, 6.07) is 21.9. The van der Waals surface area contributed by atoms with Crippen molar-refractivity contribution in [1.82, 2.24) is 10.2 Å². The molecule has 10 heteroatoms. The third kappa shape index (κ3) is 4.91. The average molecular weight is 471 g/mol. The number of carbonyl (C=O) groups excluding carboxylic acids is 1. The fraction of sp³-hybridized carbons (Fsp3) is 0. The number of rotatable bonds is 6. The first kappa shape index (κ1) is 21.0. The maximum atomic E-state index is 12.8. The number of hydrogen-bond acceptors (Lipinski definition) is 6. The van der Waals surface area contributed by atoms with Gasteiger partial charge in [-0.25, -0.2) is 8.42 Å². The van der Waals surface area contributed by atoms with Crippen molar-refractivity contribution in [2.24, 2.45) is 0 Å². The summed E-state index contributed by atoms with van der Waals surface area (Å²) in [5.74, 6) is -0.524. The van der Waals surface area contributed by atoms with E-state index in [9.17, 15) is 13.2 Å². The third-order valence-electron chi connectivity index (χ3n) is 4.18. The van der Waals surface area contributed by atoms with Crippen molar-refractivity contribution in [2.45, 2.75) is 4.90 Å². The Labute approximate surface area is 187 Å². The van der Waals surface area contributed by atoms with E-state index in [0.717, 1.165) is 5.56 Å². The summed E-state index contributed by atoms with van der Waals surface area (Å²) in [5, 5.41) is 11.7. The van der Waals surface area contributed by atoms with Gasteiger partial charge in [-0.3, -0.25) is 14.8 Å². The van der Waals surface area contributed by atoms with Gasteiger partial charge in [0, 0.05) is 16.8 Å². The Morgan fingerprint density at radius 2 is 1.58 bits per heavy atom. The van der Waals surface area contributed by atoms with Crippen LogP contribution in [0.1, 0.15) is 10.4 Å². The van der Waals surface area contributed by atoms with Gasteiger partial charge in [-0.05, 0) is 30.3 Å². The summed E-state index contributed by atoms with van der Waals surface area (Å²) in [6.45, 7) is 0. The number of para-hydroxylation sites is 1. The van der Waals surface area contributed by atoms with E-state index in [1.54, 1.807) is 30.3 Å². The van der Waals surface area contributed by atoms with Crippen LogP contribution in [0, 0.1) is 0 Å². The maximum Gasteiger partial charge on any atom is 0.263 e. The van der Waals surface area contributed by atoms with E-state index in [1.165, 1.54) is 29.5 Å². The molecule has 4 rings (SSSR count). The Kier molecular flexibility index (Phi) is 5.99. The zero-order valence-corrected chi connectivity index (χ0v) is 18.2. The highest BCUT2D eigenvalue weighted by Crippen LogP contribution is 2.28. The number of nitrogens with one attached hydrogen (secondary N) is 2. The molecule has 1 amide bonds. The monoisotopic (exact) mass is 470 g/mol. The molecule has 0 saturated heterocycles. The second kappa shape index (κ2) is 8.84. The molecule has 156 valence electrons. The zero-order valence-electron chi connectivity index (χ0n) is 15.8. The molecule has 1 heterocycles. The number of anilines is 2. The summed E-state index contributed by atoms with van der Waals surface area (Å²) < 4.78 is 28.0. The smallest absolute Gasteiger partial charge is 0.263 e. The standard InChI is InChI=1S/C21H15ClN4O3S2/c22-17-12-11-15(13-18(17)31(28,29)26-16-9-5-2-6-10-16)19(27)23-21-25-24-20(30-21)14-7-3-1-4-8-14/h1-13,26H,(H,23,25,27). The lowest BCUT2D eigenvalue weighted by Gasteiger charge is -2.11. The molecule has 1 aromatic heterocycles. The first-order valence-electron chi connectivity index (χ1n) is 9.00. The van der Waals surface area contributed by atoms with Crippen LogP contribution in [0.25, 0.3) is 10.6 Å². The van der Waals surface area contributed by atoms with Gasteiger partial charge in [0.2, 0.25) is 5.13 Å². The summed E-state index contributed by atoms with van der Waals surface area (Å²) in [7, 11) is -3.99. The average Bonchev–Trinajstić information content (AvgIpc) is 3.23. The quantitative estimate of drug-likeness (QED) is 0.417. The lowest BCUT2D eigenvalue weighted by atomic mass is 10.2. The SMILES string of the molecule is O=C(Nc1nnc(-c2ccccc2)s1)c1ccc(Cl)c(S(=O)(=O)Nc2ccccc2)c1. The van der Waals surface area contributed by atoms with E-state index < -0.39 is 15.9 Å². The van der Waals surface area contributed by atoms with Crippen LogP contribution < -0.4 is 10.0 Å². The predicted molar refractivity (Wildman–Crippen MR) is 122 cm³/mol. The molecule has 0 saturated carbocycles. The maximum absolute atomic E-state index is 12.8. The molecule has 2 N–H and O–H groups in total. The topological polar surface area (TPSA) is 101 Å². The van der Waals surface area contributed by atoms with Gasteiger partial charge < -0.3 is 0 Å². The van der Waals surface area contributed by atoms with Gasteiger partial charge in [-0.2, -0.15) is 0 Å². The zero-order chi connectivity index (χ0) is 21.8. The molecule has 0 unspecified atom stereocenters. The molecule has 0 atom stereocenters. The highest BCUT2D eigenvalue weighted by atomic mass is 35.5. The summed E-state index contributed by atoms with van der Waals surface area (Å²) in [5.41, 5.74) is 1.39. The van der Waals surface area contributed by atoms with E-state index >= 15 is 0 Å². The van der Waals surface area contributed by atoms with Gasteiger partial charge in [0.25, 0.3) is 15.9 Å². The first-order chi connectivity index (χ1) is 14.9. The summed E-state index contributed by atoms with van der Waals surface area (Å²) in [6.07, 6.45) is 0. The van der Waals surface area contributed by atoms with Crippen molar-refractivity contribution in [2.75, 3.05) is 10.0 Å². The van der Waals surface area contributed by atoms with Crippen molar-refractivity contribution in [1.29, 1.82) is 0 Å². The molecule has 0 aliphatic heterocycles. The van der Waals surface area contributed by atoms with Crippen LogP contribution in [-0.2, 0) is 10.0 Å². The van der Waals surface area contributed by atoms with E-state index in [4.69, 9.17) is 11.6 Å². The fourth-order valence-electron chi connectivity index (χ4n) is 2.71. The lowest BCUT2D eigenvalue weighted by Crippen LogP contribution is -2.16. The van der Waals surface area contributed by atoms with Crippen molar-refractivity contribution >= 4 is 49.7 Å². The molecule has 0 aliphatic carbocycles.